The summed E-state index contributed by atoms with van der Waals surface area (Å²) in [5.41, 5.74) is 2.60. The van der Waals surface area contributed by atoms with Crippen molar-refractivity contribution in [1.82, 2.24) is 10.2 Å². The van der Waals surface area contributed by atoms with Gasteiger partial charge >= 0.3 is 0 Å². The summed E-state index contributed by atoms with van der Waals surface area (Å²) in [5.74, 6) is -0.711. The lowest BCUT2D eigenvalue weighted by Crippen LogP contribution is -2.55. The van der Waals surface area contributed by atoms with Crippen LogP contribution in [-0.4, -0.2) is 36.5 Å². The van der Waals surface area contributed by atoms with Gasteiger partial charge in [-0.1, -0.05) is 17.7 Å². The minimum Gasteiger partial charge on any atom is -0.354 e. The van der Waals surface area contributed by atoms with Crippen LogP contribution >= 0.6 is 11.6 Å². The molecule has 5 nitrogen and oxygen atoms in total. The molecule has 0 saturated carbocycles. The van der Waals surface area contributed by atoms with Crippen molar-refractivity contribution in [3.8, 4) is 0 Å². The molecule has 0 aromatic heterocycles. The minimum atomic E-state index is -0.490. The largest absolute Gasteiger partial charge is 0.354 e. The van der Waals surface area contributed by atoms with E-state index < -0.39 is 5.82 Å². The van der Waals surface area contributed by atoms with Crippen LogP contribution in [0.4, 0.5) is 10.1 Å². The summed E-state index contributed by atoms with van der Waals surface area (Å²) in [5, 5.41) is 2.84. The zero-order valence-corrected chi connectivity index (χ0v) is 16.3. The molecule has 2 aromatic rings. The SMILES string of the molecule is CN1c2cc(C(=O)NCc3ccc(F)c(Cl)c3)ccc2C(=O)N2CCCCC21. The molecule has 2 heterocycles. The molecule has 0 radical (unpaired) electrons. The molecular formula is C21H21ClFN3O2. The monoisotopic (exact) mass is 401 g/mol. The van der Waals surface area contributed by atoms with Gasteiger partial charge in [-0.3, -0.25) is 9.59 Å². The van der Waals surface area contributed by atoms with Crippen LogP contribution in [0.2, 0.25) is 5.02 Å². The first-order valence-electron chi connectivity index (χ1n) is 9.35. The van der Waals surface area contributed by atoms with Crippen LogP contribution in [0.5, 0.6) is 0 Å². The average molecular weight is 402 g/mol. The molecule has 1 atom stereocenters. The molecule has 0 aliphatic carbocycles. The molecule has 0 bridgehead atoms. The summed E-state index contributed by atoms with van der Waals surface area (Å²) in [6.45, 7) is 1.01. The molecule has 2 aromatic carbocycles. The van der Waals surface area contributed by atoms with Crippen LogP contribution in [0.15, 0.2) is 36.4 Å². The molecule has 1 fully saturated rings. The molecule has 0 spiro atoms. The van der Waals surface area contributed by atoms with E-state index in [-0.39, 0.29) is 29.5 Å². The Kier molecular flexibility index (Phi) is 4.98. The maximum atomic E-state index is 13.3. The lowest BCUT2D eigenvalue weighted by atomic mass is 9.97. The topological polar surface area (TPSA) is 52.7 Å². The number of hydrogen-bond donors (Lipinski definition) is 1. The number of halogens is 2. The molecule has 1 N–H and O–H groups in total. The highest BCUT2D eigenvalue weighted by Gasteiger charge is 2.37. The first kappa shape index (κ1) is 18.7. The lowest BCUT2D eigenvalue weighted by molar-refractivity contribution is 0.0589. The van der Waals surface area contributed by atoms with Gasteiger partial charge in [-0.05, 0) is 55.2 Å². The molecule has 7 heteroatoms. The lowest BCUT2D eigenvalue weighted by Gasteiger charge is -2.46. The van der Waals surface area contributed by atoms with Crippen molar-refractivity contribution in [2.75, 3.05) is 18.5 Å². The van der Waals surface area contributed by atoms with E-state index in [4.69, 9.17) is 11.6 Å². The van der Waals surface area contributed by atoms with Gasteiger partial charge in [0.1, 0.15) is 12.0 Å². The van der Waals surface area contributed by atoms with Crippen molar-refractivity contribution in [2.45, 2.75) is 32.0 Å². The van der Waals surface area contributed by atoms with Gasteiger partial charge in [0.15, 0.2) is 0 Å². The van der Waals surface area contributed by atoms with E-state index in [2.05, 4.69) is 10.2 Å². The third-order valence-corrected chi connectivity index (χ3v) is 5.78. The Bertz CT molecular complexity index is 949. The molecule has 28 heavy (non-hydrogen) atoms. The zero-order chi connectivity index (χ0) is 19.8. The van der Waals surface area contributed by atoms with E-state index in [0.29, 0.717) is 16.7 Å². The number of rotatable bonds is 3. The Labute approximate surface area is 168 Å². The molecular weight excluding hydrogens is 381 g/mol. The summed E-state index contributed by atoms with van der Waals surface area (Å²) in [6, 6.07) is 9.52. The predicted molar refractivity (Wildman–Crippen MR) is 106 cm³/mol. The number of carbonyl (C=O) groups excluding carboxylic acids is 2. The first-order valence-corrected chi connectivity index (χ1v) is 9.73. The summed E-state index contributed by atoms with van der Waals surface area (Å²) in [7, 11) is 1.97. The maximum Gasteiger partial charge on any atom is 0.257 e. The molecule has 2 aliphatic heterocycles. The Hall–Kier alpha value is -2.60. The normalized spacial score (nSPS) is 18.5. The third kappa shape index (κ3) is 3.33. The van der Waals surface area contributed by atoms with Crippen molar-refractivity contribution < 1.29 is 14.0 Å². The highest BCUT2D eigenvalue weighted by atomic mass is 35.5. The van der Waals surface area contributed by atoms with Gasteiger partial charge in [-0.2, -0.15) is 0 Å². The Morgan fingerprint density at radius 3 is 2.86 bits per heavy atom. The van der Waals surface area contributed by atoms with Gasteiger partial charge in [-0.15, -0.1) is 0 Å². The number of hydrogen-bond acceptors (Lipinski definition) is 3. The number of amides is 2. The number of nitrogens with zero attached hydrogens (tertiary/aromatic N) is 2. The molecule has 2 amide bonds. The average Bonchev–Trinajstić information content (AvgIpc) is 2.72. The van der Waals surface area contributed by atoms with E-state index in [1.807, 2.05) is 11.9 Å². The summed E-state index contributed by atoms with van der Waals surface area (Å²) >= 11 is 5.78. The van der Waals surface area contributed by atoms with Gasteiger partial charge in [0.2, 0.25) is 0 Å². The van der Waals surface area contributed by atoms with Crippen LogP contribution in [0.25, 0.3) is 0 Å². The van der Waals surface area contributed by atoms with Crippen molar-refractivity contribution in [3.05, 3.63) is 63.9 Å². The van der Waals surface area contributed by atoms with Crippen molar-refractivity contribution in [3.63, 3.8) is 0 Å². The van der Waals surface area contributed by atoms with Crippen LogP contribution in [0.3, 0.4) is 0 Å². The van der Waals surface area contributed by atoms with Gasteiger partial charge in [0.05, 0.1) is 16.3 Å². The number of piperidine rings is 1. The highest BCUT2D eigenvalue weighted by molar-refractivity contribution is 6.30. The fourth-order valence-electron chi connectivity index (χ4n) is 3.95. The second kappa shape index (κ2) is 7.43. The second-order valence-electron chi connectivity index (χ2n) is 7.25. The smallest absolute Gasteiger partial charge is 0.257 e. The van der Waals surface area contributed by atoms with E-state index in [0.717, 1.165) is 31.5 Å². The second-order valence-corrected chi connectivity index (χ2v) is 7.66. The highest BCUT2D eigenvalue weighted by Crippen LogP contribution is 2.34. The maximum absolute atomic E-state index is 13.3. The molecule has 146 valence electrons. The van der Waals surface area contributed by atoms with Gasteiger partial charge < -0.3 is 15.1 Å². The Balaban J connectivity index is 1.53. The zero-order valence-electron chi connectivity index (χ0n) is 15.5. The Morgan fingerprint density at radius 1 is 1.25 bits per heavy atom. The predicted octanol–water partition coefficient (Wildman–Crippen LogP) is 3.81. The third-order valence-electron chi connectivity index (χ3n) is 5.49. The van der Waals surface area contributed by atoms with Gasteiger partial charge in [0, 0.05) is 25.7 Å². The Morgan fingerprint density at radius 2 is 2.07 bits per heavy atom. The minimum absolute atomic E-state index is 0.0257. The van der Waals surface area contributed by atoms with E-state index in [9.17, 15) is 14.0 Å². The van der Waals surface area contributed by atoms with E-state index >= 15 is 0 Å². The molecule has 4 rings (SSSR count). The number of anilines is 1. The summed E-state index contributed by atoms with van der Waals surface area (Å²) in [6.07, 6.45) is 3.10. The number of benzene rings is 2. The first-order chi connectivity index (χ1) is 13.5. The fourth-order valence-corrected chi connectivity index (χ4v) is 4.15. The fraction of sp³-hybridized carbons (Fsp3) is 0.333. The van der Waals surface area contributed by atoms with Crippen LogP contribution in [0, 0.1) is 5.82 Å². The van der Waals surface area contributed by atoms with Crippen LogP contribution in [-0.2, 0) is 6.54 Å². The summed E-state index contributed by atoms with van der Waals surface area (Å²) in [4.78, 5) is 29.4. The van der Waals surface area contributed by atoms with Crippen molar-refractivity contribution >= 4 is 29.1 Å². The molecule has 2 aliphatic rings. The number of carbonyl (C=O) groups is 2. The number of fused-ring (bicyclic) bond motifs is 2. The number of nitrogens with one attached hydrogen (secondary N) is 1. The summed E-state index contributed by atoms with van der Waals surface area (Å²) < 4.78 is 13.3. The van der Waals surface area contributed by atoms with Crippen LogP contribution < -0.4 is 10.2 Å². The quantitative estimate of drug-likeness (QED) is 0.850. The van der Waals surface area contributed by atoms with Crippen molar-refractivity contribution in [2.24, 2.45) is 0 Å². The van der Waals surface area contributed by atoms with E-state index in [1.165, 1.54) is 12.1 Å². The van der Waals surface area contributed by atoms with E-state index in [1.54, 1.807) is 24.3 Å². The van der Waals surface area contributed by atoms with Gasteiger partial charge in [0.25, 0.3) is 11.8 Å². The molecule has 1 saturated heterocycles. The standard InChI is InChI=1S/C21H21ClFN3O2/c1-25-18-11-14(20(27)24-12-13-5-8-17(23)16(22)10-13)6-7-15(18)21(28)26-9-3-2-4-19(25)26/h5-8,10-11,19H,2-4,9,12H2,1H3,(H,24,27). The van der Waals surface area contributed by atoms with Gasteiger partial charge in [-0.25, -0.2) is 4.39 Å². The van der Waals surface area contributed by atoms with Crippen LogP contribution in [0.1, 0.15) is 45.5 Å². The molecule has 1 unspecified atom stereocenters. The van der Waals surface area contributed by atoms with Crippen molar-refractivity contribution in [1.29, 1.82) is 0 Å².